The first-order valence-corrected chi connectivity index (χ1v) is 4.65. The molecule has 0 aromatic carbocycles. The first-order valence-electron chi connectivity index (χ1n) is 3.67. The molecule has 0 fully saturated rings. The predicted octanol–water partition coefficient (Wildman–Crippen LogP) is 2.53. The van der Waals surface area contributed by atoms with Crippen molar-refractivity contribution in [1.82, 2.24) is 9.38 Å². The Morgan fingerprint density at radius 2 is 2.42 bits per heavy atom. The third-order valence-corrected chi connectivity index (χ3v) is 2.42. The summed E-state index contributed by atoms with van der Waals surface area (Å²) in [6.45, 7) is 2.04. The minimum atomic E-state index is 0.987. The average Bonchev–Trinajstić information content (AvgIpc) is 2.47. The van der Waals surface area contributed by atoms with Crippen molar-refractivity contribution in [2.45, 2.75) is 11.8 Å². The molecular formula is C9H9N2S. The van der Waals surface area contributed by atoms with Gasteiger partial charge in [-0.15, -0.1) is 11.8 Å². The summed E-state index contributed by atoms with van der Waals surface area (Å²) in [5.74, 6) is 0. The highest BCUT2D eigenvalue weighted by Gasteiger charge is 1.98. The average molecular weight is 177 g/mol. The molecule has 0 bridgehead atoms. The third-order valence-electron chi connectivity index (χ3n) is 1.84. The van der Waals surface area contributed by atoms with Gasteiger partial charge in [0.1, 0.15) is 5.65 Å². The number of thioether (sulfide) groups is 1. The monoisotopic (exact) mass is 177 g/mol. The van der Waals surface area contributed by atoms with Gasteiger partial charge in [-0.3, -0.25) is 0 Å². The van der Waals surface area contributed by atoms with Gasteiger partial charge in [-0.05, 0) is 19.1 Å². The lowest BCUT2D eigenvalue weighted by Crippen LogP contribution is -1.85. The molecule has 0 amide bonds. The molecule has 2 heterocycles. The summed E-state index contributed by atoms with van der Waals surface area (Å²) in [6, 6.07) is 4.07. The molecular weight excluding hydrogens is 168 g/mol. The zero-order valence-electron chi connectivity index (χ0n) is 6.82. The molecule has 12 heavy (non-hydrogen) atoms. The highest BCUT2D eigenvalue weighted by Crippen LogP contribution is 2.17. The zero-order valence-corrected chi connectivity index (χ0v) is 7.64. The molecule has 0 saturated heterocycles. The largest absolute Gasteiger partial charge is 0.304 e. The molecule has 0 saturated carbocycles. The van der Waals surface area contributed by atoms with Gasteiger partial charge in [-0.25, -0.2) is 4.98 Å². The number of aryl methyl sites for hydroxylation is 1. The van der Waals surface area contributed by atoms with E-state index in [9.17, 15) is 0 Å². The second-order valence-electron chi connectivity index (χ2n) is 2.63. The SMILES string of the molecule is [CH2]Sc1ccn2c(C)cnc2c1. The van der Waals surface area contributed by atoms with E-state index in [0.29, 0.717) is 0 Å². The van der Waals surface area contributed by atoms with Crippen molar-refractivity contribution in [2.24, 2.45) is 0 Å². The summed E-state index contributed by atoms with van der Waals surface area (Å²) < 4.78 is 2.06. The van der Waals surface area contributed by atoms with E-state index < -0.39 is 0 Å². The van der Waals surface area contributed by atoms with Crippen molar-refractivity contribution in [1.29, 1.82) is 0 Å². The van der Waals surface area contributed by atoms with Crippen molar-refractivity contribution >= 4 is 17.4 Å². The molecule has 0 unspecified atom stereocenters. The highest BCUT2D eigenvalue weighted by atomic mass is 32.2. The minimum absolute atomic E-state index is 0.987. The maximum atomic E-state index is 4.25. The van der Waals surface area contributed by atoms with Gasteiger partial charge in [0, 0.05) is 29.2 Å². The summed E-state index contributed by atoms with van der Waals surface area (Å²) in [5.41, 5.74) is 2.15. The van der Waals surface area contributed by atoms with Crippen LogP contribution in [0.5, 0.6) is 0 Å². The second-order valence-corrected chi connectivity index (χ2v) is 3.39. The van der Waals surface area contributed by atoms with Crippen LogP contribution in [0.3, 0.4) is 0 Å². The number of hydrogen-bond acceptors (Lipinski definition) is 2. The maximum absolute atomic E-state index is 4.25. The Morgan fingerprint density at radius 1 is 1.58 bits per heavy atom. The van der Waals surface area contributed by atoms with Crippen LogP contribution in [-0.2, 0) is 0 Å². The molecule has 2 aromatic heterocycles. The van der Waals surface area contributed by atoms with Crippen LogP contribution in [-0.4, -0.2) is 9.38 Å². The van der Waals surface area contributed by atoms with Crippen LogP contribution < -0.4 is 0 Å². The lowest BCUT2D eigenvalue weighted by atomic mass is 10.4. The Hall–Kier alpha value is -0.960. The first-order chi connectivity index (χ1) is 5.81. The van der Waals surface area contributed by atoms with Crippen LogP contribution in [0.15, 0.2) is 29.4 Å². The number of imidazole rings is 1. The van der Waals surface area contributed by atoms with E-state index >= 15 is 0 Å². The van der Waals surface area contributed by atoms with Crippen molar-refractivity contribution in [3.63, 3.8) is 0 Å². The van der Waals surface area contributed by atoms with Crippen LogP contribution in [0.2, 0.25) is 0 Å². The number of hydrogen-bond donors (Lipinski definition) is 0. The fourth-order valence-corrected chi connectivity index (χ4v) is 1.52. The van der Waals surface area contributed by atoms with Crippen molar-refractivity contribution in [3.05, 3.63) is 36.5 Å². The summed E-state index contributed by atoms with van der Waals surface area (Å²) >= 11 is 1.49. The van der Waals surface area contributed by atoms with Gasteiger partial charge < -0.3 is 4.40 Å². The quantitative estimate of drug-likeness (QED) is 0.623. The van der Waals surface area contributed by atoms with Gasteiger partial charge >= 0.3 is 0 Å². The highest BCUT2D eigenvalue weighted by molar-refractivity contribution is 8.00. The number of pyridine rings is 1. The Labute approximate surface area is 75.6 Å². The van der Waals surface area contributed by atoms with Gasteiger partial charge in [-0.2, -0.15) is 0 Å². The molecule has 2 aromatic rings. The molecule has 0 aliphatic rings. The molecule has 2 rings (SSSR count). The molecule has 2 nitrogen and oxygen atoms in total. The first kappa shape index (κ1) is 7.68. The smallest absolute Gasteiger partial charge is 0.137 e. The van der Waals surface area contributed by atoms with Gasteiger partial charge in [0.2, 0.25) is 0 Å². The Bertz CT molecular complexity index is 406. The fraction of sp³-hybridized carbons (Fsp3) is 0.111. The predicted molar refractivity (Wildman–Crippen MR) is 51.1 cm³/mol. The summed E-state index contributed by atoms with van der Waals surface area (Å²) in [5, 5.41) is 0. The lowest BCUT2D eigenvalue weighted by molar-refractivity contribution is 1.09. The van der Waals surface area contributed by atoms with Gasteiger partial charge in [0.15, 0.2) is 0 Å². The van der Waals surface area contributed by atoms with E-state index in [0.717, 1.165) is 16.2 Å². The van der Waals surface area contributed by atoms with E-state index in [1.165, 1.54) is 11.8 Å². The molecule has 0 atom stereocenters. The molecule has 0 spiro atoms. The van der Waals surface area contributed by atoms with Crippen LogP contribution in [0, 0.1) is 13.2 Å². The minimum Gasteiger partial charge on any atom is -0.304 e. The van der Waals surface area contributed by atoms with Crippen LogP contribution in [0.1, 0.15) is 5.69 Å². The summed E-state index contributed by atoms with van der Waals surface area (Å²) in [6.07, 6.45) is 7.64. The Balaban J connectivity index is 2.69. The van der Waals surface area contributed by atoms with E-state index in [1.54, 1.807) is 0 Å². The summed E-state index contributed by atoms with van der Waals surface area (Å²) in [4.78, 5) is 5.40. The third kappa shape index (κ3) is 1.10. The van der Waals surface area contributed by atoms with Gasteiger partial charge in [-0.1, -0.05) is 0 Å². The number of fused-ring (bicyclic) bond motifs is 1. The Morgan fingerprint density at radius 3 is 3.17 bits per heavy atom. The zero-order chi connectivity index (χ0) is 8.55. The number of nitrogens with zero attached hydrogens (tertiary/aromatic N) is 2. The molecule has 0 N–H and O–H groups in total. The van der Waals surface area contributed by atoms with E-state index in [2.05, 4.69) is 15.6 Å². The van der Waals surface area contributed by atoms with E-state index in [-0.39, 0.29) is 0 Å². The van der Waals surface area contributed by atoms with Gasteiger partial charge in [0.25, 0.3) is 0 Å². The second kappa shape index (κ2) is 2.83. The molecule has 0 aliphatic heterocycles. The van der Waals surface area contributed by atoms with Crippen LogP contribution in [0.25, 0.3) is 5.65 Å². The van der Waals surface area contributed by atoms with E-state index in [4.69, 9.17) is 0 Å². The van der Waals surface area contributed by atoms with Crippen LogP contribution >= 0.6 is 11.8 Å². The number of aromatic nitrogens is 2. The van der Waals surface area contributed by atoms with Crippen molar-refractivity contribution in [3.8, 4) is 0 Å². The fourth-order valence-electron chi connectivity index (χ4n) is 1.18. The van der Waals surface area contributed by atoms with Gasteiger partial charge in [0.05, 0.1) is 0 Å². The normalized spacial score (nSPS) is 10.8. The van der Waals surface area contributed by atoms with Crippen molar-refractivity contribution < 1.29 is 0 Å². The molecule has 3 heteroatoms. The number of rotatable bonds is 1. The topological polar surface area (TPSA) is 17.3 Å². The lowest BCUT2D eigenvalue weighted by Gasteiger charge is -1.98. The molecule has 1 radical (unpaired) electrons. The molecule has 61 valence electrons. The maximum Gasteiger partial charge on any atom is 0.137 e. The standard InChI is InChI=1S/C9H9N2S/c1-7-6-10-9-5-8(12-2)3-4-11(7)9/h3-6H,2H2,1H3. The van der Waals surface area contributed by atoms with Crippen LogP contribution in [0.4, 0.5) is 0 Å². The van der Waals surface area contributed by atoms with E-state index in [1.807, 2.05) is 31.5 Å². The Kier molecular flexibility index (Phi) is 1.81. The summed E-state index contributed by atoms with van der Waals surface area (Å²) in [7, 11) is 0. The van der Waals surface area contributed by atoms with Crippen molar-refractivity contribution in [2.75, 3.05) is 0 Å². The molecule has 0 aliphatic carbocycles.